The summed E-state index contributed by atoms with van der Waals surface area (Å²) in [6.07, 6.45) is 0. The highest BCUT2D eigenvalue weighted by atomic mass is 16.3. The lowest BCUT2D eigenvalue weighted by molar-refractivity contribution is -0.118. The van der Waals surface area contributed by atoms with Crippen molar-refractivity contribution in [2.24, 2.45) is 5.73 Å². The molecule has 2 rings (SSSR count). The number of carbonyl (C=O) groups excluding carboxylic acids is 1. The molecule has 0 aliphatic carbocycles. The normalized spacial score (nSPS) is 12.4. The maximum Gasteiger partial charge on any atom is 0.243 e. The van der Waals surface area contributed by atoms with E-state index in [-0.39, 0.29) is 12.5 Å². The van der Waals surface area contributed by atoms with Gasteiger partial charge in [-0.1, -0.05) is 29.8 Å². The maximum absolute atomic E-state index is 11.5. The van der Waals surface area contributed by atoms with Crippen LogP contribution in [0, 0.1) is 6.92 Å². The molecule has 0 aliphatic rings. The smallest absolute Gasteiger partial charge is 0.243 e. The van der Waals surface area contributed by atoms with E-state index in [0.717, 1.165) is 10.8 Å². The minimum absolute atomic E-state index is 0.362. The quantitative estimate of drug-likeness (QED) is 0.764. The Morgan fingerprint density at radius 1 is 1.28 bits per heavy atom. The van der Waals surface area contributed by atoms with E-state index in [0.29, 0.717) is 5.69 Å². The lowest BCUT2D eigenvalue weighted by Crippen LogP contribution is -2.38. The van der Waals surface area contributed by atoms with Crippen LogP contribution in [0.5, 0.6) is 0 Å². The molecule has 94 valence electrons. The molecule has 0 bridgehead atoms. The van der Waals surface area contributed by atoms with Crippen LogP contribution in [0.15, 0.2) is 36.4 Å². The predicted molar refractivity (Wildman–Crippen MR) is 72.4 cm³/mol. The number of carbonyl (C=O) groups is 1. The summed E-state index contributed by atoms with van der Waals surface area (Å²) in [5.41, 5.74) is 7.31. The summed E-state index contributed by atoms with van der Waals surface area (Å²) in [5.74, 6) is -0.385. The number of benzene rings is 2. The highest BCUT2D eigenvalue weighted by molar-refractivity contribution is 5.97. The molecule has 0 spiro atoms. The molecule has 0 fully saturated rings. The highest BCUT2D eigenvalue weighted by Crippen LogP contribution is 2.20. The van der Waals surface area contributed by atoms with Crippen LogP contribution >= 0.6 is 0 Å². The summed E-state index contributed by atoms with van der Waals surface area (Å²) in [7, 11) is 0. The second-order valence-electron chi connectivity index (χ2n) is 4.34. The molecule has 4 heteroatoms. The van der Waals surface area contributed by atoms with Gasteiger partial charge < -0.3 is 16.2 Å². The van der Waals surface area contributed by atoms with Crippen molar-refractivity contribution >= 4 is 22.4 Å². The van der Waals surface area contributed by atoms with Crippen molar-refractivity contribution in [3.8, 4) is 0 Å². The molecular weight excluding hydrogens is 228 g/mol. The van der Waals surface area contributed by atoms with Gasteiger partial charge in [0.1, 0.15) is 6.04 Å². The van der Waals surface area contributed by atoms with Crippen molar-refractivity contribution in [3.05, 3.63) is 42.0 Å². The van der Waals surface area contributed by atoms with Crippen LogP contribution in [0.1, 0.15) is 5.56 Å². The summed E-state index contributed by atoms with van der Waals surface area (Å²) >= 11 is 0. The Labute approximate surface area is 105 Å². The zero-order valence-corrected chi connectivity index (χ0v) is 10.2. The van der Waals surface area contributed by atoms with Gasteiger partial charge in [-0.05, 0) is 29.8 Å². The zero-order valence-electron chi connectivity index (χ0n) is 10.2. The SMILES string of the molecule is Cc1ccc2cc(NC(=O)C(N)CO)ccc2c1. The summed E-state index contributed by atoms with van der Waals surface area (Å²) in [5, 5.41) is 13.7. The molecule has 0 aliphatic heterocycles. The van der Waals surface area contributed by atoms with E-state index >= 15 is 0 Å². The van der Waals surface area contributed by atoms with Gasteiger partial charge in [0.2, 0.25) is 5.91 Å². The minimum Gasteiger partial charge on any atom is -0.394 e. The van der Waals surface area contributed by atoms with Gasteiger partial charge in [-0.3, -0.25) is 4.79 Å². The van der Waals surface area contributed by atoms with E-state index in [4.69, 9.17) is 10.8 Å². The van der Waals surface area contributed by atoms with Crippen molar-refractivity contribution in [2.45, 2.75) is 13.0 Å². The number of rotatable bonds is 3. The lowest BCUT2D eigenvalue weighted by Gasteiger charge is -2.10. The predicted octanol–water partition coefficient (Wildman–Crippen LogP) is 1.41. The Hall–Kier alpha value is -1.91. The maximum atomic E-state index is 11.5. The van der Waals surface area contributed by atoms with Gasteiger partial charge in [-0.2, -0.15) is 0 Å². The van der Waals surface area contributed by atoms with E-state index in [1.807, 2.05) is 37.3 Å². The Morgan fingerprint density at radius 3 is 2.67 bits per heavy atom. The van der Waals surface area contributed by atoms with Gasteiger partial charge in [0.25, 0.3) is 0 Å². The highest BCUT2D eigenvalue weighted by Gasteiger charge is 2.11. The number of hydrogen-bond donors (Lipinski definition) is 3. The fraction of sp³-hybridized carbons (Fsp3) is 0.214. The van der Waals surface area contributed by atoms with Gasteiger partial charge in [0.15, 0.2) is 0 Å². The minimum atomic E-state index is -0.890. The van der Waals surface area contributed by atoms with Crippen molar-refractivity contribution in [2.75, 3.05) is 11.9 Å². The number of aliphatic hydroxyl groups is 1. The first-order valence-corrected chi connectivity index (χ1v) is 5.78. The number of anilines is 1. The second kappa shape index (κ2) is 5.16. The molecule has 0 saturated carbocycles. The Balaban J connectivity index is 2.25. The number of aliphatic hydroxyl groups excluding tert-OH is 1. The molecule has 2 aromatic rings. The van der Waals surface area contributed by atoms with Gasteiger partial charge in [0, 0.05) is 5.69 Å². The number of fused-ring (bicyclic) bond motifs is 1. The summed E-state index contributed by atoms with van der Waals surface area (Å²) in [6, 6.07) is 10.9. The Morgan fingerprint density at radius 2 is 1.94 bits per heavy atom. The molecule has 4 N–H and O–H groups in total. The first-order chi connectivity index (χ1) is 8.60. The van der Waals surface area contributed by atoms with Gasteiger partial charge in [0.05, 0.1) is 6.61 Å². The molecule has 0 aromatic heterocycles. The zero-order chi connectivity index (χ0) is 13.1. The number of hydrogen-bond acceptors (Lipinski definition) is 3. The standard InChI is InChI=1S/C14H16N2O2/c1-9-2-3-11-7-12(5-4-10(11)6-9)16-14(18)13(15)8-17/h2-7,13,17H,8,15H2,1H3,(H,16,18). The second-order valence-corrected chi connectivity index (χ2v) is 4.34. The fourth-order valence-corrected chi connectivity index (χ4v) is 1.76. The third-order valence-corrected chi connectivity index (χ3v) is 2.80. The average molecular weight is 244 g/mol. The van der Waals surface area contributed by atoms with Crippen molar-refractivity contribution in [1.82, 2.24) is 0 Å². The van der Waals surface area contributed by atoms with E-state index in [2.05, 4.69) is 11.4 Å². The van der Waals surface area contributed by atoms with Crippen LogP contribution in [0.3, 0.4) is 0 Å². The van der Waals surface area contributed by atoms with Gasteiger partial charge in [-0.25, -0.2) is 0 Å². The third kappa shape index (κ3) is 2.67. The molecule has 0 radical (unpaired) electrons. The summed E-state index contributed by atoms with van der Waals surface area (Å²) in [4.78, 5) is 11.5. The van der Waals surface area contributed by atoms with E-state index in [9.17, 15) is 4.79 Å². The summed E-state index contributed by atoms with van der Waals surface area (Å²) < 4.78 is 0. The van der Waals surface area contributed by atoms with E-state index in [1.54, 1.807) is 0 Å². The van der Waals surface area contributed by atoms with E-state index in [1.165, 1.54) is 5.56 Å². The first kappa shape index (κ1) is 12.5. The van der Waals surface area contributed by atoms with Crippen LogP contribution in [-0.4, -0.2) is 23.7 Å². The molecule has 2 aromatic carbocycles. The van der Waals surface area contributed by atoms with Crippen LogP contribution in [0.4, 0.5) is 5.69 Å². The molecule has 4 nitrogen and oxygen atoms in total. The first-order valence-electron chi connectivity index (χ1n) is 5.78. The molecule has 18 heavy (non-hydrogen) atoms. The fourth-order valence-electron chi connectivity index (χ4n) is 1.76. The Bertz CT molecular complexity index is 581. The number of nitrogens with two attached hydrogens (primary N) is 1. The van der Waals surface area contributed by atoms with Gasteiger partial charge >= 0.3 is 0 Å². The lowest BCUT2D eigenvalue weighted by atomic mass is 10.1. The largest absolute Gasteiger partial charge is 0.394 e. The molecule has 0 saturated heterocycles. The van der Waals surface area contributed by atoms with E-state index < -0.39 is 6.04 Å². The molecule has 1 atom stereocenters. The summed E-state index contributed by atoms with van der Waals surface area (Å²) in [6.45, 7) is 1.67. The monoisotopic (exact) mass is 244 g/mol. The molecule has 0 heterocycles. The Kier molecular flexibility index (Phi) is 3.60. The van der Waals surface area contributed by atoms with Crippen LogP contribution in [0.2, 0.25) is 0 Å². The third-order valence-electron chi connectivity index (χ3n) is 2.80. The number of amides is 1. The number of aryl methyl sites for hydroxylation is 1. The van der Waals surface area contributed by atoms with Crippen molar-refractivity contribution < 1.29 is 9.90 Å². The van der Waals surface area contributed by atoms with Gasteiger partial charge in [-0.15, -0.1) is 0 Å². The number of nitrogens with one attached hydrogen (secondary N) is 1. The molecule has 1 unspecified atom stereocenters. The van der Waals surface area contributed by atoms with Crippen LogP contribution in [0.25, 0.3) is 10.8 Å². The van der Waals surface area contributed by atoms with Crippen LogP contribution < -0.4 is 11.1 Å². The van der Waals surface area contributed by atoms with Crippen LogP contribution in [-0.2, 0) is 4.79 Å². The van der Waals surface area contributed by atoms with Crippen molar-refractivity contribution in [1.29, 1.82) is 0 Å². The van der Waals surface area contributed by atoms with Crippen molar-refractivity contribution in [3.63, 3.8) is 0 Å². The molecular formula is C14H16N2O2. The average Bonchev–Trinajstić information content (AvgIpc) is 2.38. The topological polar surface area (TPSA) is 75.4 Å². The molecule has 1 amide bonds.